The molecule has 1 unspecified atom stereocenters. The van der Waals surface area contributed by atoms with E-state index in [0.717, 1.165) is 0 Å². The molecule has 1 fully saturated rings. The topological polar surface area (TPSA) is 62.7 Å². The number of hydrogen-bond acceptors (Lipinski definition) is 4. The Balaban J connectivity index is 2.20. The zero-order valence-corrected chi connectivity index (χ0v) is 9.09. The number of ether oxygens (including phenoxy) is 1. The summed E-state index contributed by atoms with van der Waals surface area (Å²) < 4.78 is 5.33. The fourth-order valence-electron chi connectivity index (χ4n) is 1.71. The summed E-state index contributed by atoms with van der Waals surface area (Å²) in [6.45, 7) is 2.77. The van der Waals surface area contributed by atoms with Gasteiger partial charge in [-0.05, 0) is 13.0 Å². The Morgan fingerprint density at radius 2 is 2.50 bits per heavy atom. The van der Waals surface area contributed by atoms with Crippen molar-refractivity contribution in [2.45, 2.75) is 19.4 Å². The highest BCUT2D eigenvalue weighted by Gasteiger charge is 2.29. The number of carbonyl (C=O) groups is 1. The lowest BCUT2D eigenvalue weighted by Crippen LogP contribution is -2.26. The van der Waals surface area contributed by atoms with Crippen LogP contribution in [0.4, 0.5) is 5.82 Å². The lowest BCUT2D eigenvalue weighted by atomic mass is 10.3. The van der Waals surface area contributed by atoms with Crippen molar-refractivity contribution < 1.29 is 14.6 Å². The molecule has 1 saturated heterocycles. The smallest absolute Gasteiger partial charge is 0.230 e. The van der Waals surface area contributed by atoms with E-state index in [0.29, 0.717) is 24.7 Å². The van der Waals surface area contributed by atoms with E-state index in [1.165, 1.54) is 4.90 Å². The molecule has 2 rings (SSSR count). The van der Waals surface area contributed by atoms with Crippen molar-refractivity contribution in [3.63, 3.8) is 0 Å². The van der Waals surface area contributed by atoms with Crippen molar-refractivity contribution in [2.75, 3.05) is 18.1 Å². The van der Waals surface area contributed by atoms with Crippen molar-refractivity contribution in [1.29, 1.82) is 0 Å². The van der Waals surface area contributed by atoms with E-state index in [9.17, 15) is 9.90 Å². The first kappa shape index (κ1) is 10.9. The van der Waals surface area contributed by atoms with Crippen LogP contribution in [-0.4, -0.2) is 35.3 Å². The van der Waals surface area contributed by atoms with E-state index in [-0.39, 0.29) is 12.3 Å². The summed E-state index contributed by atoms with van der Waals surface area (Å²) in [4.78, 5) is 17.1. The van der Waals surface area contributed by atoms with Gasteiger partial charge in [0.2, 0.25) is 5.91 Å². The molecule has 1 aromatic heterocycles. The van der Waals surface area contributed by atoms with E-state index in [4.69, 9.17) is 4.74 Å². The molecule has 5 nitrogen and oxygen atoms in total. The van der Waals surface area contributed by atoms with Crippen molar-refractivity contribution in [3.8, 4) is 5.75 Å². The molecule has 0 radical (unpaired) electrons. The van der Waals surface area contributed by atoms with Crippen LogP contribution >= 0.6 is 0 Å². The number of pyridine rings is 1. The second kappa shape index (κ2) is 4.49. The summed E-state index contributed by atoms with van der Waals surface area (Å²) in [6, 6.07) is 3.45. The largest absolute Gasteiger partial charge is 0.494 e. The van der Waals surface area contributed by atoms with Crippen LogP contribution in [0.1, 0.15) is 13.3 Å². The summed E-state index contributed by atoms with van der Waals surface area (Å²) >= 11 is 0. The maximum atomic E-state index is 11.5. The van der Waals surface area contributed by atoms with Crippen LogP contribution in [0.5, 0.6) is 5.75 Å². The van der Waals surface area contributed by atoms with Gasteiger partial charge in [0.05, 0.1) is 25.7 Å². The molecule has 0 aliphatic carbocycles. The number of nitrogens with zero attached hydrogens (tertiary/aromatic N) is 2. The molecule has 16 heavy (non-hydrogen) atoms. The van der Waals surface area contributed by atoms with Crippen molar-refractivity contribution in [2.24, 2.45) is 0 Å². The van der Waals surface area contributed by atoms with Gasteiger partial charge in [0.25, 0.3) is 0 Å². The van der Waals surface area contributed by atoms with Gasteiger partial charge in [0.15, 0.2) is 0 Å². The van der Waals surface area contributed by atoms with Crippen molar-refractivity contribution in [1.82, 2.24) is 4.98 Å². The lowest BCUT2D eigenvalue weighted by molar-refractivity contribution is -0.117. The zero-order chi connectivity index (χ0) is 11.5. The van der Waals surface area contributed by atoms with Crippen molar-refractivity contribution >= 4 is 11.7 Å². The Labute approximate surface area is 93.7 Å². The molecule has 2 heterocycles. The third kappa shape index (κ3) is 2.14. The lowest BCUT2D eigenvalue weighted by Gasteiger charge is -2.15. The number of aliphatic hydroxyl groups excluding tert-OH is 1. The number of anilines is 1. The predicted molar refractivity (Wildman–Crippen MR) is 58.4 cm³/mol. The number of rotatable bonds is 3. The second-order valence-corrected chi connectivity index (χ2v) is 3.65. The Morgan fingerprint density at radius 1 is 1.69 bits per heavy atom. The second-order valence-electron chi connectivity index (χ2n) is 3.65. The van der Waals surface area contributed by atoms with E-state index in [2.05, 4.69) is 4.98 Å². The van der Waals surface area contributed by atoms with Crippen molar-refractivity contribution in [3.05, 3.63) is 18.3 Å². The molecular formula is C11H14N2O3. The molecule has 5 heteroatoms. The van der Waals surface area contributed by atoms with Gasteiger partial charge in [-0.15, -0.1) is 0 Å². The minimum atomic E-state index is -0.593. The Kier molecular flexibility index (Phi) is 3.05. The normalized spacial score (nSPS) is 20.2. The summed E-state index contributed by atoms with van der Waals surface area (Å²) in [5, 5.41) is 9.38. The third-order valence-corrected chi connectivity index (χ3v) is 2.41. The maximum Gasteiger partial charge on any atom is 0.230 e. The number of amides is 1. The maximum absolute atomic E-state index is 11.5. The number of hydrogen-bond donors (Lipinski definition) is 1. The summed E-state index contributed by atoms with van der Waals surface area (Å²) in [7, 11) is 0. The predicted octanol–water partition coefficient (Wildman–Crippen LogP) is 0.578. The van der Waals surface area contributed by atoms with Gasteiger partial charge < -0.3 is 9.84 Å². The molecule has 1 aliphatic rings. The average Bonchev–Trinajstić information content (AvgIpc) is 2.59. The van der Waals surface area contributed by atoms with Crippen LogP contribution in [0.2, 0.25) is 0 Å². The van der Waals surface area contributed by atoms with Gasteiger partial charge in [-0.2, -0.15) is 0 Å². The van der Waals surface area contributed by atoms with Crippen LogP contribution in [-0.2, 0) is 4.79 Å². The molecule has 1 atom stereocenters. The van der Waals surface area contributed by atoms with Gasteiger partial charge >= 0.3 is 0 Å². The molecule has 0 bridgehead atoms. The minimum absolute atomic E-state index is 0.103. The molecule has 86 valence electrons. The first-order valence-electron chi connectivity index (χ1n) is 5.28. The molecule has 1 aromatic rings. The highest BCUT2D eigenvalue weighted by molar-refractivity contribution is 5.95. The fraction of sp³-hybridized carbons (Fsp3) is 0.455. The molecule has 1 aliphatic heterocycles. The van der Waals surface area contributed by atoms with Crippen LogP contribution in [0.15, 0.2) is 18.3 Å². The van der Waals surface area contributed by atoms with E-state index in [1.54, 1.807) is 18.3 Å². The minimum Gasteiger partial charge on any atom is -0.494 e. The highest BCUT2D eigenvalue weighted by atomic mass is 16.5. The first-order chi connectivity index (χ1) is 7.70. The molecule has 0 saturated carbocycles. The van der Waals surface area contributed by atoms with E-state index in [1.807, 2.05) is 6.92 Å². The van der Waals surface area contributed by atoms with E-state index < -0.39 is 6.10 Å². The van der Waals surface area contributed by atoms with Gasteiger partial charge in [-0.1, -0.05) is 0 Å². The number of aromatic nitrogens is 1. The molecule has 0 spiro atoms. The average molecular weight is 222 g/mol. The standard InChI is InChI=1S/C11H14N2O3/c1-2-16-9-3-4-12-10(6-9)13-7-8(14)5-11(13)15/h3-4,6,8,14H,2,5,7H2,1H3. The summed E-state index contributed by atoms with van der Waals surface area (Å²) in [5.74, 6) is 1.11. The SMILES string of the molecule is CCOc1ccnc(N2CC(O)CC2=O)c1. The van der Waals surface area contributed by atoms with E-state index >= 15 is 0 Å². The quantitative estimate of drug-likeness (QED) is 0.812. The fourth-order valence-corrected chi connectivity index (χ4v) is 1.71. The first-order valence-corrected chi connectivity index (χ1v) is 5.28. The van der Waals surface area contributed by atoms with Crippen LogP contribution in [0.3, 0.4) is 0 Å². The Morgan fingerprint density at radius 3 is 3.12 bits per heavy atom. The molecule has 1 amide bonds. The van der Waals surface area contributed by atoms with Crippen LogP contribution < -0.4 is 9.64 Å². The third-order valence-electron chi connectivity index (χ3n) is 2.41. The molecule has 0 aromatic carbocycles. The van der Waals surface area contributed by atoms with Gasteiger partial charge in [-0.3, -0.25) is 9.69 Å². The number of β-amino-alcohol motifs (C(OH)–C–C–N with tert-alkyl or cyclic N) is 1. The van der Waals surface area contributed by atoms with Gasteiger partial charge in [0.1, 0.15) is 11.6 Å². The Bertz CT molecular complexity index is 395. The summed E-state index contributed by atoms with van der Waals surface area (Å²) in [5.41, 5.74) is 0. The number of aliphatic hydroxyl groups is 1. The van der Waals surface area contributed by atoms with Crippen LogP contribution in [0, 0.1) is 0 Å². The molecular weight excluding hydrogens is 208 g/mol. The highest BCUT2D eigenvalue weighted by Crippen LogP contribution is 2.22. The number of carbonyl (C=O) groups excluding carboxylic acids is 1. The zero-order valence-electron chi connectivity index (χ0n) is 9.09. The van der Waals surface area contributed by atoms with Gasteiger partial charge in [0, 0.05) is 12.3 Å². The Hall–Kier alpha value is -1.62. The monoisotopic (exact) mass is 222 g/mol. The van der Waals surface area contributed by atoms with Gasteiger partial charge in [-0.25, -0.2) is 4.98 Å². The summed E-state index contributed by atoms with van der Waals surface area (Å²) in [6.07, 6.45) is 1.17. The molecule has 1 N–H and O–H groups in total. The van der Waals surface area contributed by atoms with Crippen LogP contribution in [0.25, 0.3) is 0 Å².